The van der Waals surface area contributed by atoms with Crippen LogP contribution in [0.3, 0.4) is 0 Å². The van der Waals surface area contributed by atoms with Crippen molar-refractivity contribution in [2.45, 2.75) is 107 Å². The number of aliphatic hydroxyl groups is 1. The zero-order chi connectivity index (χ0) is 54.3. The minimum atomic E-state index is -4.83. The Morgan fingerprint density at radius 2 is 1.68 bits per heavy atom. The minimum absolute atomic E-state index is 0.00943. The van der Waals surface area contributed by atoms with Gasteiger partial charge in [0.15, 0.2) is 17.2 Å². The van der Waals surface area contributed by atoms with Gasteiger partial charge in [-0.15, -0.1) is 0 Å². The van der Waals surface area contributed by atoms with E-state index in [-0.39, 0.29) is 59.1 Å². The molecule has 5 heterocycles. The van der Waals surface area contributed by atoms with Crippen molar-refractivity contribution in [3.63, 3.8) is 0 Å². The molecule has 412 valence electrons. The largest absolute Gasteiger partial charge is 0.497 e. The highest BCUT2D eigenvalue weighted by Gasteiger charge is 2.50. The van der Waals surface area contributed by atoms with Crippen LogP contribution in [-0.2, 0) is 16.6 Å². The summed E-state index contributed by atoms with van der Waals surface area (Å²) >= 11 is 0. The highest BCUT2D eigenvalue weighted by molar-refractivity contribution is 7.90. The van der Waals surface area contributed by atoms with Crippen molar-refractivity contribution in [2.75, 3.05) is 69.8 Å². The number of hydrogen-bond donors (Lipinski definition) is 4. The first-order chi connectivity index (χ1) is 37.5. The number of benzene rings is 4. The number of ether oxygens (including phenoxy) is 4. The van der Waals surface area contributed by atoms with E-state index in [1.165, 1.54) is 22.9 Å². The molecule has 2 saturated carbocycles. The molecule has 18 nitrogen and oxygen atoms in total. The number of pyridine rings is 1. The van der Waals surface area contributed by atoms with E-state index in [2.05, 4.69) is 85.0 Å². The molecule has 19 heteroatoms. The van der Waals surface area contributed by atoms with Gasteiger partial charge < -0.3 is 39.3 Å². The fraction of sp³-hybridized carbons (Fsp3) is 0.458. The van der Waals surface area contributed by atoms with Gasteiger partial charge in [-0.25, -0.2) is 18.1 Å². The van der Waals surface area contributed by atoms with E-state index in [4.69, 9.17) is 18.9 Å². The normalized spacial score (nSPS) is 21.8. The van der Waals surface area contributed by atoms with Crippen molar-refractivity contribution >= 4 is 44.0 Å². The lowest BCUT2D eigenvalue weighted by molar-refractivity contribution is -0.384. The smallest absolute Gasteiger partial charge is 0.297 e. The monoisotopic (exact) mass is 1080 g/mol. The third-order valence-corrected chi connectivity index (χ3v) is 18.4. The van der Waals surface area contributed by atoms with Crippen molar-refractivity contribution < 1.29 is 42.2 Å². The van der Waals surface area contributed by atoms with Crippen LogP contribution in [0.1, 0.15) is 111 Å². The van der Waals surface area contributed by atoms with Crippen LogP contribution in [-0.4, -0.2) is 115 Å². The highest BCUT2D eigenvalue weighted by atomic mass is 32.2. The molecule has 5 aliphatic rings. The summed E-state index contributed by atoms with van der Waals surface area (Å²) in [5.41, 5.74) is 4.41. The van der Waals surface area contributed by atoms with Crippen molar-refractivity contribution in [3.8, 4) is 28.7 Å². The van der Waals surface area contributed by atoms with E-state index in [9.17, 15) is 28.4 Å². The van der Waals surface area contributed by atoms with Crippen LogP contribution in [0.15, 0.2) is 102 Å². The number of rotatable bonds is 16. The molecule has 2 saturated heterocycles. The standard InChI is InChI=1S/C59H70N8O10S/c1-38(2)46-7-5-6-8-47(46)50-37-64(36-40-9-12-44(74-4)13-10-40)25-26-66(50)43-32-59(33-43)20-23-65(24-21-59)42-11-14-48(51(30-42)77-45-29-41-17-22-60-56(41)62-35-45)57(68)63-78(72,73)52-31-49(67(70)71)53(55-54(52)75-27-28-76-55)61-34-39-15-18-58(3,69)19-16-39/h5-14,17,22,29-31,35,38-39,43,50,61,69H,15-16,18-21,23-28,32-34,36-37H2,1-4H3,(H,60,62)(H,63,68)/t39?,50-,58?/m0/s1. The zero-order valence-electron chi connectivity index (χ0n) is 44.8. The SMILES string of the molecule is COc1ccc(CN2CCN(C3CC4(CCN(c5ccc(C(=O)NS(=O)(=O)c6cc([N+](=O)[O-])c(NCC7CCC(C)(O)CC7)c7c6OCCO7)c(Oc6cnc7[nH]ccc7c6)c5)CC4)C3)[C@H](c3ccccc3C(C)C)C2)cc1. The maximum absolute atomic E-state index is 14.4. The second-order valence-electron chi connectivity index (χ2n) is 22.7. The Morgan fingerprint density at radius 1 is 0.936 bits per heavy atom. The number of piperazine rings is 1. The number of hydrogen-bond acceptors (Lipinski definition) is 15. The number of nitrogens with zero attached hydrogens (tertiary/aromatic N) is 5. The molecule has 1 spiro atoms. The number of fused-ring (bicyclic) bond motifs is 2. The fourth-order valence-electron chi connectivity index (χ4n) is 12.6. The molecular formula is C59H70N8O10S. The predicted molar refractivity (Wildman–Crippen MR) is 298 cm³/mol. The van der Waals surface area contributed by atoms with Gasteiger partial charge in [0.2, 0.25) is 0 Å². The van der Waals surface area contributed by atoms with E-state index in [0.717, 1.165) is 87.8 Å². The summed E-state index contributed by atoms with van der Waals surface area (Å²) < 4.78 is 54.6. The van der Waals surface area contributed by atoms with Crippen molar-refractivity contribution in [1.29, 1.82) is 0 Å². The molecule has 4 N–H and O–H groups in total. The average Bonchev–Trinajstić information content (AvgIpc) is 4.06. The molecule has 78 heavy (non-hydrogen) atoms. The first-order valence-corrected chi connectivity index (χ1v) is 28.9. The molecule has 0 bridgehead atoms. The van der Waals surface area contributed by atoms with E-state index in [1.54, 1.807) is 38.4 Å². The Labute approximate surface area is 455 Å². The number of nitro groups is 1. The maximum atomic E-state index is 14.4. The number of nitrogens with one attached hydrogen (secondary N) is 3. The van der Waals surface area contributed by atoms with Crippen LogP contribution >= 0.6 is 0 Å². The van der Waals surface area contributed by atoms with Gasteiger partial charge >= 0.3 is 0 Å². The molecule has 2 aromatic heterocycles. The predicted octanol–water partition coefficient (Wildman–Crippen LogP) is 9.95. The Kier molecular flexibility index (Phi) is 14.8. The number of anilines is 2. The Bertz CT molecular complexity index is 3290. The Hall–Kier alpha value is -6.93. The van der Waals surface area contributed by atoms with Crippen LogP contribution in [0.2, 0.25) is 0 Å². The van der Waals surface area contributed by atoms with Crippen LogP contribution in [0.4, 0.5) is 17.1 Å². The molecule has 1 atom stereocenters. The summed E-state index contributed by atoms with van der Waals surface area (Å²) in [4.78, 5) is 41.0. The van der Waals surface area contributed by atoms with Crippen LogP contribution < -0.4 is 33.9 Å². The quantitative estimate of drug-likeness (QED) is 0.0524. The van der Waals surface area contributed by atoms with E-state index < -0.39 is 37.0 Å². The number of H-pyrrole nitrogens is 1. The van der Waals surface area contributed by atoms with Crippen molar-refractivity contribution in [3.05, 3.63) is 130 Å². The molecule has 3 aliphatic heterocycles. The molecule has 4 fully saturated rings. The number of amides is 1. The van der Waals surface area contributed by atoms with E-state index in [0.29, 0.717) is 55.6 Å². The molecule has 0 unspecified atom stereocenters. The van der Waals surface area contributed by atoms with Crippen molar-refractivity contribution in [2.24, 2.45) is 11.3 Å². The summed E-state index contributed by atoms with van der Waals surface area (Å²) in [6, 6.07) is 27.8. The average molecular weight is 1080 g/mol. The van der Waals surface area contributed by atoms with E-state index in [1.807, 2.05) is 24.3 Å². The van der Waals surface area contributed by atoms with Crippen molar-refractivity contribution in [1.82, 2.24) is 24.5 Å². The highest BCUT2D eigenvalue weighted by Crippen LogP contribution is 2.54. The number of carbonyl (C=O) groups excluding carboxylic acids is 1. The lowest BCUT2D eigenvalue weighted by atomic mass is 9.59. The van der Waals surface area contributed by atoms with Gasteiger partial charge in [-0.3, -0.25) is 24.7 Å². The number of aromatic amines is 1. The molecule has 6 aromatic rings. The zero-order valence-corrected chi connectivity index (χ0v) is 45.7. The minimum Gasteiger partial charge on any atom is -0.497 e. The summed E-state index contributed by atoms with van der Waals surface area (Å²) in [6.45, 7) is 12.1. The molecule has 4 aromatic carbocycles. The Balaban J connectivity index is 0.807. The summed E-state index contributed by atoms with van der Waals surface area (Å²) in [5, 5.41) is 27.0. The van der Waals surface area contributed by atoms with E-state index >= 15 is 0 Å². The second-order valence-corrected chi connectivity index (χ2v) is 24.3. The maximum Gasteiger partial charge on any atom is 0.297 e. The lowest BCUT2D eigenvalue weighted by Gasteiger charge is -2.58. The van der Waals surface area contributed by atoms with Gasteiger partial charge in [-0.2, -0.15) is 0 Å². The summed E-state index contributed by atoms with van der Waals surface area (Å²) in [5.74, 6) is 0.459. The molecule has 11 rings (SSSR count). The summed E-state index contributed by atoms with van der Waals surface area (Å²) in [7, 11) is -3.13. The number of piperidine rings is 1. The lowest BCUT2D eigenvalue weighted by Crippen LogP contribution is -2.60. The van der Waals surface area contributed by atoms with Crippen LogP contribution in [0.25, 0.3) is 11.0 Å². The van der Waals surface area contributed by atoms with Gasteiger partial charge in [0.1, 0.15) is 41.0 Å². The topological polar surface area (TPSA) is 214 Å². The molecule has 1 amide bonds. The molecule has 2 aliphatic carbocycles. The second kappa shape index (κ2) is 21.7. The number of sulfonamides is 1. The first-order valence-electron chi connectivity index (χ1n) is 27.4. The fourth-order valence-corrected chi connectivity index (χ4v) is 13.7. The molecular weight excluding hydrogens is 1010 g/mol. The molecule has 0 radical (unpaired) electrons. The van der Waals surface area contributed by atoms with Gasteiger partial charge in [-0.1, -0.05) is 50.2 Å². The third-order valence-electron chi connectivity index (χ3n) is 17.1. The van der Waals surface area contributed by atoms with Gasteiger partial charge in [0.25, 0.3) is 21.6 Å². The number of methoxy groups -OCH3 is 1. The van der Waals surface area contributed by atoms with Gasteiger partial charge in [-0.05, 0) is 129 Å². The van der Waals surface area contributed by atoms with Gasteiger partial charge in [0.05, 0.1) is 29.4 Å². The van der Waals surface area contributed by atoms with Gasteiger partial charge in [0, 0.05) is 87.3 Å². The third kappa shape index (κ3) is 11.1. The summed E-state index contributed by atoms with van der Waals surface area (Å²) in [6.07, 6.45) is 10.1. The Morgan fingerprint density at radius 3 is 2.41 bits per heavy atom. The van der Waals surface area contributed by atoms with Crippen LogP contribution in [0, 0.1) is 21.4 Å². The number of carbonyl (C=O) groups is 1. The first kappa shape index (κ1) is 53.1. The number of aromatic nitrogens is 2. The number of nitro benzene ring substituents is 1. The van der Waals surface area contributed by atoms with Crippen LogP contribution in [0.5, 0.6) is 28.7 Å².